The number of urea groups is 1. The summed E-state index contributed by atoms with van der Waals surface area (Å²) in [6.45, 7) is 5.86. The van der Waals surface area contributed by atoms with E-state index in [0.29, 0.717) is 6.54 Å². The summed E-state index contributed by atoms with van der Waals surface area (Å²) < 4.78 is 29.9. The van der Waals surface area contributed by atoms with Crippen molar-refractivity contribution < 1.29 is 17.9 Å². The number of rotatable bonds is 7. The van der Waals surface area contributed by atoms with Crippen LogP contribution in [0.1, 0.15) is 26.3 Å². The van der Waals surface area contributed by atoms with Gasteiger partial charge in [-0.05, 0) is 32.9 Å². The second-order valence-electron chi connectivity index (χ2n) is 5.59. The molecular weight excluding hydrogens is 334 g/mol. The molecule has 0 aliphatic heterocycles. The van der Waals surface area contributed by atoms with E-state index in [2.05, 4.69) is 15.4 Å². The Labute approximate surface area is 141 Å². The van der Waals surface area contributed by atoms with E-state index in [9.17, 15) is 18.5 Å². The molecule has 0 heterocycles. The van der Waals surface area contributed by atoms with E-state index in [1.54, 1.807) is 20.8 Å². The van der Waals surface area contributed by atoms with Gasteiger partial charge in [0.25, 0.3) is 10.2 Å². The molecule has 5 N–H and O–H groups in total. The summed E-state index contributed by atoms with van der Waals surface area (Å²) >= 11 is 0. The summed E-state index contributed by atoms with van der Waals surface area (Å²) in [5.74, 6) is 0.178. The van der Waals surface area contributed by atoms with Gasteiger partial charge in [0, 0.05) is 6.54 Å². The van der Waals surface area contributed by atoms with Gasteiger partial charge in [-0.3, -0.25) is 4.72 Å². The Kier molecular flexibility index (Phi) is 6.39. The first kappa shape index (κ1) is 19.5. The largest absolute Gasteiger partial charge is 0.490 e. The van der Waals surface area contributed by atoms with Crippen molar-refractivity contribution in [3.63, 3.8) is 0 Å². The second-order valence-corrected chi connectivity index (χ2v) is 6.89. The Morgan fingerprint density at radius 3 is 2.62 bits per heavy atom. The van der Waals surface area contributed by atoms with Crippen molar-refractivity contribution in [3.05, 3.63) is 23.8 Å². The highest BCUT2D eigenvalue weighted by atomic mass is 32.2. The zero-order valence-corrected chi connectivity index (χ0v) is 14.5. The van der Waals surface area contributed by atoms with Crippen molar-refractivity contribution in [1.29, 1.82) is 5.26 Å². The summed E-state index contributed by atoms with van der Waals surface area (Å²) in [6.07, 6.45) is 0. The van der Waals surface area contributed by atoms with Gasteiger partial charge in [0.2, 0.25) is 0 Å². The first-order valence-electron chi connectivity index (χ1n) is 7.10. The Hall–Kier alpha value is -2.51. The lowest BCUT2D eigenvalue weighted by Crippen LogP contribution is -2.51. The highest BCUT2D eigenvalue weighted by Crippen LogP contribution is 2.26. The Balaban J connectivity index is 2.90. The molecule has 0 atom stereocenters. The van der Waals surface area contributed by atoms with Crippen molar-refractivity contribution in [2.45, 2.75) is 26.3 Å². The molecule has 0 radical (unpaired) electrons. The molecule has 9 nitrogen and oxygen atoms in total. The highest BCUT2D eigenvalue weighted by Gasteiger charge is 2.22. The summed E-state index contributed by atoms with van der Waals surface area (Å²) in [5, 5.41) is 19.5. The average molecular weight is 355 g/mol. The normalized spacial score (nSPS) is 11.3. The minimum absolute atomic E-state index is 0.000310. The first-order chi connectivity index (χ1) is 11.1. The second kappa shape index (κ2) is 7.85. The summed E-state index contributed by atoms with van der Waals surface area (Å²) in [7, 11) is -4.01. The van der Waals surface area contributed by atoms with E-state index in [0.717, 1.165) is 0 Å². The average Bonchev–Trinajstić information content (AvgIpc) is 2.43. The van der Waals surface area contributed by atoms with Gasteiger partial charge < -0.3 is 15.4 Å². The van der Waals surface area contributed by atoms with E-state index in [-0.39, 0.29) is 29.6 Å². The minimum Gasteiger partial charge on any atom is -0.490 e. The third-order valence-electron chi connectivity index (χ3n) is 2.77. The van der Waals surface area contributed by atoms with Gasteiger partial charge in [-0.25, -0.2) is 9.93 Å². The third-order valence-corrected chi connectivity index (χ3v) is 3.27. The summed E-state index contributed by atoms with van der Waals surface area (Å²) in [5.41, 5.74) is -0.692. The van der Waals surface area contributed by atoms with Crippen LogP contribution in [0.3, 0.4) is 0 Å². The highest BCUT2D eigenvalue weighted by molar-refractivity contribution is 7.90. The fourth-order valence-corrected chi connectivity index (χ4v) is 2.29. The minimum atomic E-state index is -4.01. The lowest BCUT2D eigenvalue weighted by Gasteiger charge is -2.26. The van der Waals surface area contributed by atoms with E-state index in [1.165, 1.54) is 18.2 Å². The zero-order valence-electron chi connectivity index (χ0n) is 13.7. The maximum atomic E-state index is 11.6. The predicted molar refractivity (Wildman–Crippen MR) is 89.7 cm³/mol. The molecular formula is C14H21N5O4S. The maximum Gasteiger partial charge on any atom is 0.315 e. The predicted octanol–water partition coefficient (Wildman–Crippen LogP) is 0.650. The molecule has 0 spiro atoms. The number of nitrogens with two attached hydrogens (primary N) is 1. The molecule has 0 aliphatic carbocycles. The van der Waals surface area contributed by atoms with Gasteiger partial charge in [-0.2, -0.15) is 13.7 Å². The molecule has 24 heavy (non-hydrogen) atoms. The molecule has 1 aromatic carbocycles. The number of nitrogens with one attached hydrogen (secondary N) is 3. The number of carbonyl (C=O) groups is 1. The molecule has 1 aromatic rings. The monoisotopic (exact) mass is 355 g/mol. The molecule has 0 unspecified atom stereocenters. The fourth-order valence-electron chi connectivity index (χ4n) is 1.81. The van der Waals surface area contributed by atoms with Crippen LogP contribution >= 0.6 is 0 Å². The van der Waals surface area contributed by atoms with Crippen LogP contribution in [0.2, 0.25) is 0 Å². The van der Waals surface area contributed by atoms with Gasteiger partial charge >= 0.3 is 6.03 Å². The smallest absolute Gasteiger partial charge is 0.315 e. The lowest BCUT2D eigenvalue weighted by molar-refractivity contribution is 0.195. The molecule has 0 bridgehead atoms. The first-order valence-corrected chi connectivity index (χ1v) is 8.65. The molecule has 0 fully saturated rings. The van der Waals surface area contributed by atoms with Crippen LogP contribution in [0.4, 0.5) is 10.5 Å². The van der Waals surface area contributed by atoms with Crippen LogP contribution < -0.4 is 25.2 Å². The molecule has 132 valence electrons. The fraction of sp³-hybridized carbons (Fsp3) is 0.429. The maximum absolute atomic E-state index is 11.6. The Morgan fingerprint density at radius 2 is 2.08 bits per heavy atom. The zero-order chi connectivity index (χ0) is 18.4. The van der Waals surface area contributed by atoms with E-state index in [1.807, 2.05) is 6.07 Å². The van der Waals surface area contributed by atoms with Crippen LogP contribution in [0.15, 0.2) is 18.2 Å². The van der Waals surface area contributed by atoms with Crippen LogP contribution in [-0.2, 0) is 10.2 Å². The number of carbonyl (C=O) groups excluding carboxylic acids is 1. The molecule has 2 amide bonds. The van der Waals surface area contributed by atoms with Gasteiger partial charge in [0.15, 0.2) is 0 Å². The summed E-state index contributed by atoms with van der Waals surface area (Å²) in [4.78, 5) is 11.6. The van der Waals surface area contributed by atoms with Gasteiger partial charge in [-0.15, -0.1) is 0 Å². The van der Waals surface area contributed by atoms with E-state index in [4.69, 9.17) is 9.88 Å². The van der Waals surface area contributed by atoms with Crippen molar-refractivity contribution >= 4 is 21.9 Å². The van der Waals surface area contributed by atoms with Gasteiger partial charge in [-0.1, -0.05) is 6.07 Å². The lowest BCUT2D eigenvalue weighted by atomic mass is 10.1. The number of anilines is 1. The van der Waals surface area contributed by atoms with Crippen LogP contribution in [0, 0.1) is 11.3 Å². The van der Waals surface area contributed by atoms with Gasteiger partial charge in [0.1, 0.15) is 24.0 Å². The molecule has 0 saturated heterocycles. The van der Waals surface area contributed by atoms with E-state index < -0.39 is 15.7 Å². The van der Waals surface area contributed by atoms with Crippen molar-refractivity contribution in [3.8, 4) is 11.8 Å². The number of hydrogen-bond acceptors (Lipinski definition) is 5. The molecule has 0 aliphatic rings. The quantitative estimate of drug-likeness (QED) is 0.567. The van der Waals surface area contributed by atoms with Crippen molar-refractivity contribution in [2.24, 2.45) is 5.14 Å². The van der Waals surface area contributed by atoms with Gasteiger partial charge in [0.05, 0.1) is 11.2 Å². The van der Waals surface area contributed by atoms with Crippen molar-refractivity contribution in [1.82, 2.24) is 10.6 Å². The standard InChI is InChI=1S/C14H21N5O4S/c1-4-17-13(20)18-14(2,3)9-23-12-7-5-6-11(10(12)8-15)19-24(16,21)22/h5-7,19H,4,9H2,1-3H3,(H2,16,21,22)(H2,17,18,20). The number of benzene rings is 1. The number of nitriles is 1. The molecule has 0 aromatic heterocycles. The molecule has 1 rings (SSSR count). The SMILES string of the molecule is CCNC(=O)NC(C)(C)COc1cccc(NS(N)(=O)=O)c1C#N. The van der Waals surface area contributed by atoms with E-state index >= 15 is 0 Å². The van der Waals surface area contributed by atoms with Crippen molar-refractivity contribution in [2.75, 3.05) is 17.9 Å². The summed E-state index contributed by atoms with van der Waals surface area (Å²) in [6, 6.07) is 5.98. The third kappa shape index (κ3) is 6.31. The number of ether oxygens (including phenoxy) is 1. The molecule has 0 saturated carbocycles. The number of nitrogens with zero attached hydrogens (tertiary/aromatic N) is 1. The Bertz CT molecular complexity index is 740. The Morgan fingerprint density at radius 1 is 1.42 bits per heavy atom. The number of hydrogen-bond donors (Lipinski definition) is 4. The molecule has 10 heteroatoms. The van der Waals surface area contributed by atoms with Crippen LogP contribution in [-0.4, -0.2) is 33.1 Å². The van der Waals surface area contributed by atoms with Crippen LogP contribution in [0.25, 0.3) is 0 Å². The number of amides is 2. The topological polar surface area (TPSA) is 146 Å². The van der Waals surface area contributed by atoms with Crippen LogP contribution in [0.5, 0.6) is 5.75 Å².